The Morgan fingerprint density at radius 3 is 2.24 bits per heavy atom. The zero-order valence-corrected chi connectivity index (χ0v) is 19.3. The summed E-state index contributed by atoms with van der Waals surface area (Å²) >= 11 is 1.19. The number of thiazole rings is 1. The fourth-order valence-corrected chi connectivity index (χ4v) is 4.81. The summed E-state index contributed by atoms with van der Waals surface area (Å²) in [6.07, 6.45) is 0.768. The Morgan fingerprint density at radius 2 is 1.61 bits per heavy atom. The molecule has 9 heteroatoms. The summed E-state index contributed by atoms with van der Waals surface area (Å²) in [6, 6.07) is 23.4. The quantitative estimate of drug-likeness (QED) is 0.370. The van der Waals surface area contributed by atoms with Crippen LogP contribution in [0, 0.1) is 0 Å². The normalized spacial score (nSPS) is 12.0. The summed E-state index contributed by atoms with van der Waals surface area (Å²) in [5.74, 6) is 0.227. The van der Waals surface area contributed by atoms with Gasteiger partial charge >= 0.3 is 0 Å². The van der Waals surface area contributed by atoms with Crippen molar-refractivity contribution >= 4 is 38.1 Å². The monoisotopic (exact) mass is 479 g/mol. The first kappa shape index (κ1) is 22.5. The average Bonchev–Trinajstić information content (AvgIpc) is 3.33. The summed E-state index contributed by atoms with van der Waals surface area (Å²) in [7, 11) is -3.75. The second-order valence-electron chi connectivity index (χ2n) is 7.11. The Labute approximate surface area is 196 Å². The fraction of sp³-hybridized carbons (Fsp3) is 0.0833. The minimum atomic E-state index is -3.75. The number of hydrogen-bond acceptors (Lipinski definition) is 6. The maximum Gasteiger partial charge on any atom is 0.265 e. The topological polar surface area (TPSA) is 97.4 Å². The van der Waals surface area contributed by atoms with Crippen LogP contribution in [-0.2, 0) is 14.8 Å². The molecule has 0 aliphatic rings. The lowest BCUT2D eigenvalue weighted by molar-refractivity contribution is -0.122. The Balaban J connectivity index is 1.35. The Hall–Kier alpha value is -3.69. The SMILES string of the molecule is CC(Oc1ccc(-c2ccccc2)cc1)C(=O)Nc1ccc(S(=O)(=O)Nc2nccs2)cc1. The lowest BCUT2D eigenvalue weighted by Gasteiger charge is -2.15. The number of carbonyl (C=O) groups excluding carboxylic acids is 1. The molecule has 1 amide bonds. The van der Waals surface area contributed by atoms with Gasteiger partial charge in [-0.25, -0.2) is 13.4 Å². The predicted molar refractivity (Wildman–Crippen MR) is 130 cm³/mol. The van der Waals surface area contributed by atoms with Crippen LogP contribution >= 0.6 is 11.3 Å². The number of anilines is 2. The molecule has 0 bridgehead atoms. The van der Waals surface area contributed by atoms with Crippen LogP contribution in [0.5, 0.6) is 5.75 Å². The van der Waals surface area contributed by atoms with Crippen molar-refractivity contribution in [2.75, 3.05) is 10.0 Å². The van der Waals surface area contributed by atoms with Gasteiger partial charge in [0.25, 0.3) is 15.9 Å². The van der Waals surface area contributed by atoms with E-state index in [9.17, 15) is 13.2 Å². The van der Waals surface area contributed by atoms with E-state index in [1.54, 1.807) is 12.3 Å². The minimum absolute atomic E-state index is 0.0681. The van der Waals surface area contributed by atoms with Crippen molar-refractivity contribution in [2.45, 2.75) is 17.9 Å². The summed E-state index contributed by atoms with van der Waals surface area (Å²) in [6.45, 7) is 1.65. The number of rotatable bonds is 8. The van der Waals surface area contributed by atoms with Crippen molar-refractivity contribution in [1.82, 2.24) is 4.98 Å². The van der Waals surface area contributed by atoms with Gasteiger partial charge in [-0.1, -0.05) is 42.5 Å². The van der Waals surface area contributed by atoms with Gasteiger partial charge in [0.05, 0.1) is 4.90 Å². The molecule has 0 aliphatic heterocycles. The van der Waals surface area contributed by atoms with Crippen LogP contribution in [0.25, 0.3) is 11.1 Å². The molecule has 1 unspecified atom stereocenters. The van der Waals surface area contributed by atoms with Crippen LogP contribution in [0.15, 0.2) is 95.3 Å². The van der Waals surface area contributed by atoms with E-state index in [0.29, 0.717) is 11.4 Å². The average molecular weight is 480 g/mol. The highest BCUT2D eigenvalue weighted by molar-refractivity contribution is 7.93. The second kappa shape index (κ2) is 9.85. The van der Waals surface area contributed by atoms with Crippen molar-refractivity contribution in [3.8, 4) is 16.9 Å². The molecule has 1 aromatic heterocycles. The molecule has 7 nitrogen and oxygen atoms in total. The highest BCUT2D eigenvalue weighted by Gasteiger charge is 2.18. The van der Waals surface area contributed by atoms with Gasteiger partial charge in [-0.2, -0.15) is 0 Å². The zero-order valence-electron chi connectivity index (χ0n) is 17.6. The lowest BCUT2D eigenvalue weighted by atomic mass is 10.1. The zero-order chi connectivity index (χ0) is 23.3. The highest BCUT2D eigenvalue weighted by Crippen LogP contribution is 2.23. The number of nitrogens with one attached hydrogen (secondary N) is 2. The molecule has 1 atom stereocenters. The van der Waals surface area contributed by atoms with Crippen molar-refractivity contribution in [2.24, 2.45) is 0 Å². The number of carbonyl (C=O) groups is 1. The van der Waals surface area contributed by atoms with Gasteiger partial charge < -0.3 is 10.1 Å². The van der Waals surface area contributed by atoms with E-state index in [1.165, 1.54) is 41.8 Å². The summed E-state index contributed by atoms with van der Waals surface area (Å²) < 4.78 is 33.0. The molecule has 4 rings (SSSR count). The Morgan fingerprint density at radius 1 is 0.939 bits per heavy atom. The van der Waals surface area contributed by atoms with Crippen LogP contribution in [-0.4, -0.2) is 25.4 Å². The summed E-state index contributed by atoms with van der Waals surface area (Å²) in [5.41, 5.74) is 2.62. The van der Waals surface area contributed by atoms with Crippen molar-refractivity contribution < 1.29 is 17.9 Å². The van der Waals surface area contributed by atoms with Crippen LogP contribution in [0.3, 0.4) is 0 Å². The third kappa shape index (κ3) is 5.76. The molecular weight excluding hydrogens is 458 g/mol. The number of ether oxygens (including phenoxy) is 1. The standard InChI is InChI=1S/C24H21N3O4S2/c1-17(31-21-11-7-19(8-12-21)18-5-3-2-4-6-18)23(28)26-20-9-13-22(14-10-20)33(29,30)27-24-25-15-16-32-24/h2-17H,1H3,(H,25,27)(H,26,28). The molecule has 1 heterocycles. The van der Waals surface area contributed by atoms with E-state index < -0.39 is 16.1 Å². The maximum absolute atomic E-state index is 12.5. The number of nitrogens with zero attached hydrogens (tertiary/aromatic N) is 1. The first-order valence-corrected chi connectivity index (χ1v) is 12.4. The van der Waals surface area contributed by atoms with Gasteiger partial charge in [-0.15, -0.1) is 11.3 Å². The second-order valence-corrected chi connectivity index (χ2v) is 9.68. The van der Waals surface area contributed by atoms with Crippen LogP contribution in [0.2, 0.25) is 0 Å². The van der Waals surface area contributed by atoms with E-state index >= 15 is 0 Å². The molecule has 0 saturated carbocycles. The van der Waals surface area contributed by atoms with E-state index in [2.05, 4.69) is 15.0 Å². The molecule has 33 heavy (non-hydrogen) atoms. The molecule has 0 aliphatic carbocycles. The molecule has 4 aromatic rings. The largest absolute Gasteiger partial charge is 0.481 e. The number of aromatic nitrogens is 1. The first-order valence-electron chi connectivity index (χ1n) is 10.1. The number of sulfonamides is 1. The van der Waals surface area contributed by atoms with Gasteiger partial charge in [-0.05, 0) is 54.4 Å². The molecule has 0 spiro atoms. The predicted octanol–water partition coefficient (Wildman–Crippen LogP) is 5.02. The van der Waals surface area contributed by atoms with Gasteiger partial charge in [0, 0.05) is 17.3 Å². The van der Waals surface area contributed by atoms with Gasteiger partial charge in [0.2, 0.25) is 0 Å². The number of amides is 1. The molecule has 0 fully saturated rings. The van der Waals surface area contributed by atoms with E-state index in [4.69, 9.17) is 4.74 Å². The van der Waals surface area contributed by atoms with Crippen molar-refractivity contribution in [3.63, 3.8) is 0 Å². The summed E-state index contributed by atoms with van der Waals surface area (Å²) in [4.78, 5) is 16.5. The summed E-state index contributed by atoms with van der Waals surface area (Å²) in [5, 5.41) is 4.70. The molecule has 0 radical (unpaired) electrons. The van der Waals surface area contributed by atoms with Gasteiger partial charge in [0.1, 0.15) is 5.75 Å². The van der Waals surface area contributed by atoms with E-state index in [0.717, 1.165) is 11.1 Å². The third-order valence-electron chi connectivity index (χ3n) is 4.73. The van der Waals surface area contributed by atoms with Crippen LogP contribution < -0.4 is 14.8 Å². The Kier molecular flexibility index (Phi) is 6.71. The van der Waals surface area contributed by atoms with Crippen molar-refractivity contribution in [1.29, 1.82) is 0 Å². The molecular formula is C24H21N3O4S2. The van der Waals surface area contributed by atoms with Crippen LogP contribution in [0.4, 0.5) is 10.8 Å². The van der Waals surface area contributed by atoms with Crippen molar-refractivity contribution in [3.05, 3.63) is 90.4 Å². The first-order chi connectivity index (χ1) is 15.9. The molecule has 2 N–H and O–H groups in total. The minimum Gasteiger partial charge on any atom is -0.481 e. The maximum atomic E-state index is 12.5. The molecule has 168 valence electrons. The third-order valence-corrected chi connectivity index (χ3v) is 6.90. The highest BCUT2D eigenvalue weighted by atomic mass is 32.2. The molecule has 3 aromatic carbocycles. The van der Waals surface area contributed by atoms with Gasteiger partial charge in [0.15, 0.2) is 11.2 Å². The molecule has 0 saturated heterocycles. The smallest absolute Gasteiger partial charge is 0.265 e. The number of hydrogen-bond donors (Lipinski definition) is 2. The number of benzene rings is 3. The van der Waals surface area contributed by atoms with E-state index in [-0.39, 0.29) is 15.9 Å². The Bertz CT molecular complexity index is 1310. The lowest BCUT2D eigenvalue weighted by Crippen LogP contribution is -2.30. The van der Waals surface area contributed by atoms with Crippen LogP contribution in [0.1, 0.15) is 6.92 Å². The fourth-order valence-electron chi connectivity index (χ4n) is 3.02. The van der Waals surface area contributed by atoms with E-state index in [1.807, 2.05) is 54.6 Å². The van der Waals surface area contributed by atoms with Gasteiger partial charge in [-0.3, -0.25) is 9.52 Å².